The van der Waals surface area contributed by atoms with Gasteiger partial charge in [0, 0.05) is 30.1 Å². The normalized spacial score (nSPS) is 16.7. The predicted octanol–water partition coefficient (Wildman–Crippen LogP) is 3.30. The van der Waals surface area contributed by atoms with E-state index in [1.807, 2.05) is 25.1 Å². The number of rotatable bonds is 3. The molecule has 1 aliphatic carbocycles. The molecule has 0 spiro atoms. The molecule has 2 aromatic rings. The second-order valence-electron chi connectivity index (χ2n) is 5.79. The molecule has 1 aromatic carbocycles. The first-order valence-corrected chi connectivity index (χ1v) is 7.32. The van der Waals surface area contributed by atoms with Crippen LogP contribution < -0.4 is 9.64 Å². The fourth-order valence-electron chi connectivity index (χ4n) is 2.99. The molecule has 1 aromatic heterocycles. The van der Waals surface area contributed by atoms with Crippen molar-refractivity contribution in [3.05, 3.63) is 41.3 Å². The lowest BCUT2D eigenvalue weighted by molar-refractivity contribution is 0.415. The Bertz CT molecular complexity index is 669. The number of fused-ring (bicyclic) bond motifs is 1. The summed E-state index contributed by atoms with van der Waals surface area (Å²) in [5.41, 5.74) is 3.58. The minimum absolute atomic E-state index is 0.647. The van der Waals surface area contributed by atoms with Gasteiger partial charge in [-0.25, -0.2) is 9.97 Å². The van der Waals surface area contributed by atoms with Crippen LogP contribution in [0, 0.1) is 12.8 Å². The van der Waals surface area contributed by atoms with Crippen LogP contribution >= 0.6 is 0 Å². The van der Waals surface area contributed by atoms with Crippen molar-refractivity contribution in [1.29, 1.82) is 0 Å². The number of ether oxygens (including phenoxy) is 1. The van der Waals surface area contributed by atoms with Crippen molar-refractivity contribution in [3.8, 4) is 5.75 Å². The van der Waals surface area contributed by atoms with Crippen molar-refractivity contribution in [3.63, 3.8) is 0 Å². The molecule has 0 saturated carbocycles. The minimum Gasteiger partial charge on any atom is -0.497 e. The van der Waals surface area contributed by atoms with Crippen molar-refractivity contribution in [2.75, 3.05) is 19.1 Å². The van der Waals surface area contributed by atoms with E-state index in [1.54, 1.807) is 7.11 Å². The molecule has 0 radical (unpaired) electrons. The summed E-state index contributed by atoms with van der Waals surface area (Å²) in [5, 5.41) is 0. The van der Waals surface area contributed by atoms with Crippen LogP contribution in [0.3, 0.4) is 0 Å². The van der Waals surface area contributed by atoms with Gasteiger partial charge in [-0.1, -0.05) is 13.0 Å². The zero-order valence-electron chi connectivity index (χ0n) is 13.1. The van der Waals surface area contributed by atoms with Crippen molar-refractivity contribution < 1.29 is 4.74 Å². The van der Waals surface area contributed by atoms with Gasteiger partial charge in [0.15, 0.2) is 0 Å². The Balaban J connectivity index is 2.04. The molecule has 0 unspecified atom stereocenters. The first kappa shape index (κ1) is 13.9. The molecule has 1 heterocycles. The number of benzene rings is 1. The zero-order valence-corrected chi connectivity index (χ0v) is 13.1. The third-order valence-corrected chi connectivity index (χ3v) is 4.04. The molecule has 1 atom stereocenters. The largest absolute Gasteiger partial charge is 0.497 e. The van der Waals surface area contributed by atoms with Gasteiger partial charge in [0.05, 0.1) is 7.11 Å². The maximum Gasteiger partial charge on any atom is 0.139 e. The van der Waals surface area contributed by atoms with Crippen molar-refractivity contribution >= 4 is 11.5 Å². The molecule has 4 heteroatoms. The van der Waals surface area contributed by atoms with E-state index in [2.05, 4.69) is 34.9 Å². The molecule has 0 bridgehead atoms. The number of methoxy groups -OCH3 is 1. The summed E-state index contributed by atoms with van der Waals surface area (Å²) in [6.07, 6.45) is 2.11. The number of aromatic nitrogens is 2. The lowest BCUT2D eigenvalue weighted by Crippen LogP contribution is -2.15. The second-order valence-corrected chi connectivity index (χ2v) is 5.79. The highest BCUT2D eigenvalue weighted by atomic mass is 16.5. The summed E-state index contributed by atoms with van der Waals surface area (Å²) in [6, 6.07) is 8.06. The van der Waals surface area contributed by atoms with Crippen molar-refractivity contribution in [2.45, 2.75) is 26.7 Å². The Morgan fingerprint density at radius 1 is 1.24 bits per heavy atom. The number of aryl methyl sites for hydroxylation is 1. The van der Waals surface area contributed by atoms with Crippen LogP contribution in [0.5, 0.6) is 5.75 Å². The Morgan fingerprint density at radius 2 is 2.05 bits per heavy atom. The highest BCUT2D eigenvalue weighted by Gasteiger charge is 2.25. The molecule has 1 aliphatic rings. The van der Waals surface area contributed by atoms with Gasteiger partial charge >= 0.3 is 0 Å². The van der Waals surface area contributed by atoms with E-state index < -0.39 is 0 Å². The molecule has 0 N–H and O–H groups in total. The summed E-state index contributed by atoms with van der Waals surface area (Å²) in [7, 11) is 3.74. The Hall–Kier alpha value is -2.10. The molecule has 110 valence electrons. The van der Waals surface area contributed by atoms with Gasteiger partial charge in [0.2, 0.25) is 0 Å². The van der Waals surface area contributed by atoms with Crippen LogP contribution in [-0.2, 0) is 12.8 Å². The van der Waals surface area contributed by atoms with Gasteiger partial charge in [-0.3, -0.25) is 0 Å². The lowest BCUT2D eigenvalue weighted by Gasteiger charge is -2.22. The molecule has 4 nitrogen and oxygen atoms in total. The van der Waals surface area contributed by atoms with E-state index in [0.717, 1.165) is 35.9 Å². The molecule has 21 heavy (non-hydrogen) atoms. The van der Waals surface area contributed by atoms with E-state index >= 15 is 0 Å². The zero-order chi connectivity index (χ0) is 15.0. The highest BCUT2D eigenvalue weighted by molar-refractivity contribution is 5.65. The standard InChI is InChI=1S/C17H21N3O/c1-11-8-15-16(9-11)18-12(2)19-17(15)20(3)13-6-5-7-14(10-13)21-4/h5-7,10-11H,8-9H2,1-4H3/t11-/m0/s1. The van der Waals surface area contributed by atoms with Crippen molar-refractivity contribution in [2.24, 2.45) is 5.92 Å². The fourth-order valence-corrected chi connectivity index (χ4v) is 2.99. The fraction of sp³-hybridized carbons (Fsp3) is 0.412. The number of nitrogens with zero attached hydrogens (tertiary/aromatic N) is 3. The van der Waals surface area contributed by atoms with E-state index in [4.69, 9.17) is 4.74 Å². The lowest BCUT2D eigenvalue weighted by atomic mass is 10.1. The summed E-state index contributed by atoms with van der Waals surface area (Å²) < 4.78 is 5.31. The van der Waals surface area contributed by atoms with Gasteiger partial charge in [0.1, 0.15) is 17.4 Å². The van der Waals surface area contributed by atoms with Gasteiger partial charge in [-0.15, -0.1) is 0 Å². The maximum absolute atomic E-state index is 5.31. The first-order valence-electron chi connectivity index (χ1n) is 7.32. The van der Waals surface area contributed by atoms with Gasteiger partial charge in [-0.05, 0) is 37.8 Å². The van der Waals surface area contributed by atoms with Gasteiger partial charge in [-0.2, -0.15) is 0 Å². The Morgan fingerprint density at radius 3 is 2.81 bits per heavy atom. The van der Waals surface area contributed by atoms with Crippen LogP contribution in [0.1, 0.15) is 24.0 Å². The number of hydrogen-bond acceptors (Lipinski definition) is 4. The summed E-state index contributed by atoms with van der Waals surface area (Å²) >= 11 is 0. The van der Waals surface area contributed by atoms with Crippen molar-refractivity contribution in [1.82, 2.24) is 9.97 Å². The number of hydrogen-bond donors (Lipinski definition) is 0. The topological polar surface area (TPSA) is 38.2 Å². The monoisotopic (exact) mass is 283 g/mol. The molecule has 0 amide bonds. The predicted molar refractivity (Wildman–Crippen MR) is 84.4 cm³/mol. The van der Waals surface area contributed by atoms with Gasteiger partial charge < -0.3 is 9.64 Å². The smallest absolute Gasteiger partial charge is 0.139 e. The van der Waals surface area contributed by atoms with Crippen LogP contribution in [-0.4, -0.2) is 24.1 Å². The first-order chi connectivity index (χ1) is 10.1. The van der Waals surface area contributed by atoms with Crippen LogP contribution in [0.4, 0.5) is 11.5 Å². The second kappa shape index (κ2) is 5.35. The molecule has 0 aliphatic heterocycles. The number of anilines is 2. The maximum atomic E-state index is 5.31. The highest BCUT2D eigenvalue weighted by Crippen LogP contribution is 2.35. The van der Waals surface area contributed by atoms with Crippen LogP contribution in [0.25, 0.3) is 0 Å². The van der Waals surface area contributed by atoms with Crippen LogP contribution in [0.2, 0.25) is 0 Å². The average molecular weight is 283 g/mol. The molecular formula is C17H21N3O. The summed E-state index contributed by atoms with van der Waals surface area (Å²) in [5.74, 6) is 3.37. The molecule has 0 saturated heterocycles. The van der Waals surface area contributed by atoms with E-state index in [9.17, 15) is 0 Å². The Labute approximate surface area is 125 Å². The molecule has 3 rings (SSSR count). The van der Waals surface area contributed by atoms with E-state index in [0.29, 0.717) is 5.92 Å². The van der Waals surface area contributed by atoms with E-state index in [1.165, 1.54) is 11.3 Å². The summed E-state index contributed by atoms with van der Waals surface area (Å²) in [4.78, 5) is 11.4. The molecular weight excluding hydrogens is 262 g/mol. The van der Waals surface area contributed by atoms with Crippen LogP contribution in [0.15, 0.2) is 24.3 Å². The Kier molecular flexibility index (Phi) is 3.53. The minimum atomic E-state index is 0.647. The van der Waals surface area contributed by atoms with Gasteiger partial charge in [0.25, 0.3) is 0 Å². The third kappa shape index (κ3) is 2.58. The molecule has 0 fully saturated rings. The average Bonchev–Trinajstić information content (AvgIpc) is 2.85. The van der Waals surface area contributed by atoms with E-state index in [-0.39, 0.29) is 0 Å². The third-order valence-electron chi connectivity index (χ3n) is 4.04. The SMILES string of the molecule is COc1cccc(N(C)c2nc(C)nc3c2C[C@H](C)C3)c1. The summed E-state index contributed by atoms with van der Waals surface area (Å²) in [6.45, 7) is 4.23. The quantitative estimate of drug-likeness (QED) is 0.866.